The fourth-order valence-corrected chi connectivity index (χ4v) is 7.20. The quantitative estimate of drug-likeness (QED) is 0.0199. The molecular formula is C61H100O6. The van der Waals surface area contributed by atoms with E-state index in [-0.39, 0.29) is 37.5 Å². The van der Waals surface area contributed by atoms with Gasteiger partial charge in [-0.25, -0.2) is 0 Å². The van der Waals surface area contributed by atoms with Gasteiger partial charge in [-0.15, -0.1) is 0 Å². The first-order valence-electron chi connectivity index (χ1n) is 27.4. The minimum atomic E-state index is -0.826. The molecule has 0 N–H and O–H groups in total. The van der Waals surface area contributed by atoms with Gasteiger partial charge in [0.05, 0.1) is 0 Å². The molecule has 0 saturated carbocycles. The molecule has 0 aliphatic heterocycles. The van der Waals surface area contributed by atoms with Crippen LogP contribution in [0.4, 0.5) is 0 Å². The summed E-state index contributed by atoms with van der Waals surface area (Å²) in [5, 5.41) is 0. The van der Waals surface area contributed by atoms with Crippen LogP contribution in [0.3, 0.4) is 0 Å². The van der Waals surface area contributed by atoms with Crippen LogP contribution >= 0.6 is 0 Å². The van der Waals surface area contributed by atoms with E-state index in [0.29, 0.717) is 19.3 Å². The van der Waals surface area contributed by atoms with Crippen LogP contribution in [0, 0.1) is 0 Å². The summed E-state index contributed by atoms with van der Waals surface area (Å²) >= 11 is 0. The van der Waals surface area contributed by atoms with Crippen molar-refractivity contribution in [3.8, 4) is 0 Å². The minimum absolute atomic E-state index is 0.116. The summed E-state index contributed by atoms with van der Waals surface area (Å²) in [7, 11) is 0. The number of carbonyl (C=O) groups is 3. The highest BCUT2D eigenvalue weighted by atomic mass is 16.6. The molecule has 0 heterocycles. The van der Waals surface area contributed by atoms with E-state index in [1.807, 2.05) is 36.5 Å². The van der Waals surface area contributed by atoms with Crippen molar-refractivity contribution in [3.05, 3.63) is 109 Å². The molecule has 0 aliphatic rings. The van der Waals surface area contributed by atoms with E-state index in [1.165, 1.54) is 116 Å². The van der Waals surface area contributed by atoms with Gasteiger partial charge < -0.3 is 14.2 Å². The third-order valence-corrected chi connectivity index (χ3v) is 11.3. The molecule has 0 fully saturated rings. The first-order chi connectivity index (χ1) is 33.0. The van der Waals surface area contributed by atoms with Gasteiger partial charge in [0.25, 0.3) is 0 Å². The van der Waals surface area contributed by atoms with Gasteiger partial charge in [0.1, 0.15) is 13.2 Å². The number of hydrogen-bond donors (Lipinski definition) is 0. The number of esters is 3. The first kappa shape index (κ1) is 63.1. The Morgan fingerprint density at radius 1 is 0.328 bits per heavy atom. The topological polar surface area (TPSA) is 78.9 Å². The summed E-state index contributed by atoms with van der Waals surface area (Å²) in [5.74, 6) is -1.02. The molecular weight excluding hydrogens is 829 g/mol. The summed E-state index contributed by atoms with van der Waals surface area (Å²) in [6.07, 6.45) is 73.7. The molecule has 1 unspecified atom stereocenters. The van der Waals surface area contributed by atoms with Gasteiger partial charge in [0.2, 0.25) is 0 Å². The second kappa shape index (κ2) is 54.7. The number of allylic oxidation sites excluding steroid dienone is 18. The van der Waals surface area contributed by atoms with Gasteiger partial charge in [0, 0.05) is 19.3 Å². The summed E-state index contributed by atoms with van der Waals surface area (Å²) in [6.45, 7) is 6.38. The number of ether oxygens (including phenoxy) is 3. The van der Waals surface area contributed by atoms with Crippen LogP contribution in [-0.4, -0.2) is 37.2 Å². The molecule has 0 amide bonds. The molecule has 0 saturated heterocycles. The Morgan fingerprint density at radius 3 is 1.15 bits per heavy atom. The molecule has 1 atom stereocenters. The SMILES string of the molecule is CC/C=C/C=C/C=C/C=C/CCCCCC(=O)OCC(COC(=O)CCCCCCCCC/C=C/CCCCCCCCCC)OC(=O)CCC/C=C/C/C=C/C/C=C/C/C=C/CCCCC. The Kier molecular flexibility index (Phi) is 51.5. The van der Waals surface area contributed by atoms with E-state index in [0.717, 1.165) is 77.0 Å². The maximum Gasteiger partial charge on any atom is 0.306 e. The number of carbonyl (C=O) groups excluding carboxylic acids is 3. The summed E-state index contributed by atoms with van der Waals surface area (Å²) in [6, 6.07) is 0. The largest absolute Gasteiger partial charge is 0.462 e. The van der Waals surface area contributed by atoms with Gasteiger partial charge in [-0.1, -0.05) is 226 Å². The lowest BCUT2D eigenvalue weighted by atomic mass is 10.1. The fraction of sp³-hybridized carbons (Fsp3) is 0.656. The van der Waals surface area contributed by atoms with E-state index < -0.39 is 6.10 Å². The van der Waals surface area contributed by atoms with Crippen molar-refractivity contribution in [2.75, 3.05) is 13.2 Å². The molecule has 67 heavy (non-hydrogen) atoms. The fourth-order valence-electron chi connectivity index (χ4n) is 7.20. The Hall–Kier alpha value is -3.93. The Morgan fingerprint density at radius 2 is 0.657 bits per heavy atom. The van der Waals surface area contributed by atoms with Gasteiger partial charge in [-0.2, -0.15) is 0 Å². The maximum atomic E-state index is 12.8. The standard InChI is InChI=1S/C61H100O6/c1-4-7-10-13-16-19-22-25-27-29-30-32-33-36-39-42-45-48-51-54-60(63)66-57-58(56-65-59(62)53-50-47-44-41-38-35-24-21-18-15-12-9-6-3)67-61(64)55-52-49-46-43-40-37-34-31-28-26-23-20-17-14-11-8-5-2/h9,12,15,17-18,20-21,24,26,28-30,34-35,37-38,43,46,58H,4-8,10-11,13-14,16,19,22-23,25,27,31-33,36,39-42,44-45,47-57H2,1-3H3/b12-9+,18-15+,20-17+,24-21+,28-26+,30-29+,37-34+,38-35+,46-43+. The third kappa shape index (κ3) is 52.9. The van der Waals surface area contributed by atoms with Crippen LogP contribution in [0.2, 0.25) is 0 Å². The van der Waals surface area contributed by atoms with Crippen molar-refractivity contribution >= 4 is 17.9 Å². The molecule has 0 aliphatic carbocycles. The minimum Gasteiger partial charge on any atom is -0.462 e. The normalized spacial score (nSPS) is 12.9. The Bertz CT molecular complexity index is 1390. The summed E-state index contributed by atoms with van der Waals surface area (Å²) in [4.78, 5) is 38.0. The zero-order chi connectivity index (χ0) is 48.6. The molecule has 0 radical (unpaired) electrons. The predicted octanol–water partition coefficient (Wildman–Crippen LogP) is 18.3. The average molecular weight is 929 g/mol. The van der Waals surface area contributed by atoms with E-state index in [2.05, 4.69) is 93.7 Å². The van der Waals surface area contributed by atoms with Crippen LogP contribution < -0.4 is 0 Å². The summed E-state index contributed by atoms with van der Waals surface area (Å²) < 4.78 is 16.7. The highest BCUT2D eigenvalue weighted by molar-refractivity contribution is 5.71. The van der Waals surface area contributed by atoms with Crippen LogP contribution in [0.1, 0.15) is 239 Å². The zero-order valence-corrected chi connectivity index (χ0v) is 43.4. The van der Waals surface area contributed by atoms with Gasteiger partial charge in [-0.05, 0) is 103 Å². The zero-order valence-electron chi connectivity index (χ0n) is 43.4. The molecule has 6 nitrogen and oxygen atoms in total. The highest BCUT2D eigenvalue weighted by Crippen LogP contribution is 2.14. The number of rotatable bonds is 48. The van der Waals surface area contributed by atoms with Crippen LogP contribution in [0.15, 0.2) is 109 Å². The molecule has 0 rings (SSSR count). The second-order valence-electron chi connectivity index (χ2n) is 17.8. The average Bonchev–Trinajstić information content (AvgIpc) is 3.33. The monoisotopic (exact) mass is 929 g/mol. The first-order valence-corrected chi connectivity index (χ1v) is 27.4. The van der Waals surface area contributed by atoms with Gasteiger partial charge in [-0.3, -0.25) is 14.4 Å². The lowest BCUT2D eigenvalue weighted by molar-refractivity contribution is -0.167. The van der Waals surface area contributed by atoms with Crippen molar-refractivity contribution < 1.29 is 28.6 Å². The predicted molar refractivity (Wildman–Crippen MR) is 288 cm³/mol. The number of unbranched alkanes of at least 4 members (excludes halogenated alkanes) is 22. The lowest BCUT2D eigenvalue weighted by Crippen LogP contribution is -2.30. The van der Waals surface area contributed by atoms with Crippen LogP contribution in [0.25, 0.3) is 0 Å². The van der Waals surface area contributed by atoms with Crippen LogP contribution in [0.5, 0.6) is 0 Å². The Labute approximate surface area is 412 Å². The Balaban J connectivity index is 4.51. The van der Waals surface area contributed by atoms with Crippen molar-refractivity contribution in [1.29, 1.82) is 0 Å². The molecule has 0 aromatic heterocycles. The lowest BCUT2D eigenvalue weighted by Gasteiger charge is -2.18. The molecule has 0 aromatic carbocycles. The smallest absolute Gasteiger partial charge is 0.306 e. The second-order valence-corrected chi connectivity index (χ2v) is 17.8. The molecule has 6 heteroatoms. The van der Waals surface area contributed by atoms with Crippen molar-refractivity contribution in [3.63, 3.8) is 0 Å². The number of hydrogen-bond acceptors (Lipinski definition) is 6. The van der Waals surface area contributed by atoms with Crippen molar-refractivity contribution in [1.82, 2.24) is 0 Å². The van der Waals surface area contributed by atoms with Crippen LogP contribution in [-0.2, 0) is 28.6 Å². The highest BCUT2D eigenvalue weighted by Gasteiger charge is 2.19. The van der Waals surface area contributed by atoms with Crippen molar-refractivity contribution in [2.24, 2.45) is 0 Å². The molecule has 0 spiro atoms. The molecule has 380 valence electrons. The van der Waals surface area contributed by atoms with E-state index in [4.69, 9.17) is 14.2 Å². The third-order valence-electron chi connectivity index (χ3n) is 11.3. The summed E-state index contributed by atoms with van der Waals surface area (Å²) in [5.41, 5.74) is 0. The molecule has 0 bridgehead atoms. The maximum absolute atomic E-state index is 12.8. The van der Waals surface area contributed by atoms with E-state index in [9.17, 15) is 14.4 Å². The molecule has 0 aromatic rings. The van der Waals surface area contributed by atoms with E-state index in [1.54, 1.807) is 0 Å². The van der Waals surface area contributed by atoms with E-state index >= 15 is 0 Å². The van der Waals surface area contributed by atoms with Crippen molar-refractivity contribution in [2.45, 2.75) is 245 Å². The van der Waals surface area contributed by atoms with Gasteiger partial charge in [0.15, 0.2) is 6.10 Å². The van der Waals surface area contributed by atoms with Gasteiger partial charge >= 0.3 is 17.9 Å².